The van der Waals surface area contributed by atoms with Gasteiger partial charge in [0.15, 0.2) is 0 Å². The number of hydrogen-bond donors (Lipinski definition) is 0. The number of thiophene rings is 1. The summed E-state index contributed by atoms with van der Waals surface area (Å²) in [5.74, 6) is 0. The second kappa shape index (κ2) is 7.35. The Balaban J connectivity index is 1.53. The van der Waals surface area contributed by atoms with Crippen molar-refractivity contribution in [2.75, 3.05) is 31.1 Å². The molecule has 0 N–H and O–H groups in total. The summed E-state index contributed by atoms with van der Waals surface area (Å²) >= 11 is 3.08. The zero-order valence-electron chi connectivity index (χ0n) is 15.3. The monoisotopic (exact) mass is 419 g/mol. The Labute approximate surface area is 168 Å². The van der Waals surface area contributed by atoms with Crippen LogP contribution in [0.15, 0.2) is 46.7 Å². The average molecular weight is 420 g/mol. The topological polar surface area (TPSA) is 53.5 Å². The van der Waals surface area contributed by atoms with Crippen molar-refractivity contribution in [3.8, 4) is 10.6 Å². The Hall–Kier alpha value is -1.74. The minimum absolute atomic E-state index is 0.418. The molecule has 0 amide bonds. The van der Waals surface area contributed by atoms with Crippen molar-refractivity contribution in [1.29, 1.82) is 0 Å². The van der Waals surface area contributed by atoms with Gasteiger partial charge < -0.3 is 4.90 Å². The number of hydrogen-bond acceptors (Lipinski definition) is 6. The molecule has 0 atom stereocenters. The van der Waals surface area contributed by atoms with E-state index < -0.39 is 10.0 Å². The number of piperazine rings is 1. The summed E-state index contributed by atoms with van der Waals surface area (Å²) in [6, 6.07) is 11.9. The third-order valence-electron chi connectivity index (χ3n) is 4.72. The van der Waals surface area contributed by atoms with E-state index in [1.165, 1.54) is 11.3 Å². The first kappa shape index (κ1) is 18.6. The summed E-state index contributed by atoms with van der Waals surface area (Å²) < 4.78 is 28.0. The molecule has 0 saturated carbocycles. The fraction of sp³-hybridized carbons (Fsp3) is 0.316. The van der Waals surface area contributed by atoms with Crippen LogP contribution in [-0.4, -0.2) is 43.9 Å². The lowest BCUT2D eigenvalue weighted by atomic mass is 10.2. The number of aromatic nitrogens is 1. The number of benzene rings is 1. The highest BCUT2D eigenvalue weighted by Crippen LogP contribution is 2.35. The minimum atomic E-state index is -3.49. The van der Waals surface area contributed by atoms with Crippen LogP contribution in [0.2, 0.25) is 0 Å². The molecule has 1 aromatic carbocycles. The Morgan fingerprint density at radius 3 is 2.37 bits per heavy atom. The molecule has 0 radical (unpaired) electrons. The highest BCUT2D eigenvalue weighted by atomic mass is 32.2. The predicted molar refractivity (Wildman–Crippen MR) is 112 cm³/mol. The summed E-state index contributed by atoms with van der Waals surface area (Å²) in [5.41, 5.74) is 2.00. The summed E-state index contributed by atoms with van der Waals surface area (Å²) in [7, 11) is -3.49. The Morgan fingerprint density at radius 2 is 1.74 bits per heavy atom. The van der Waals surface area contributed by atoms with Crippen LogP contribution >= 0.6 is 22.7 Å². The summed E-state index contributed by atoms with van der Waals surface area (Å²) in [4.78, 5) is 8.87. The summed E-state index contributed by atoms with van der Waals surface area (Å²) in [5, 5.41) is 2.97. The fourth-order valence-corrected chi connectivity index (χ4v) is 6.92. The van der Waals surface area contributed by atoms with E-state index in [-0.39, 0.29) is 0 Å². The number of para-hydroxylation sites is 1. The first-order chi connectivity index (χ1) is 12.9. The normalized spacial score (nSPS) is 16.0. The van der Waals surface area contributed by atoms with Gasteiger partial charge >= 0.3 is 0 Å². The van der Waals surface area contributed by atoms with Crippen LogP contribution in [0.3, 0.4) is 0 Å². The van der Waals surface area contributed by atoms with E-state index in [2.05, 4.69) is 22.0 Å². The lowest BCUT2D eigenvalue weighted by molar-refractivity contribution is 0.385. The standard InChI is InChI=1S/C19H21N3O2S3/c1-14-19(12-18(26-14)17-13-25-15(2)20-17)27(23,24)22-10-8-21(9-11-22)16-6-4-3-5-7-16/h3-7,12-13H,8-11H2,1-2H3. The molecule has 2 aromatic heterocycles. The molecule has 1 fully saturated rings. The van der Waals surface area contributed by atoms with Crippen LogP contribution < -0.4 is 4.90 Å². The molecule has 3 aromatic rings. The van der Waals surface area contributed by atoms with Crippen molar-refractivity contribution >= 4 is 38.4 Å². The Bertz CT molecular complexity index is 1030. The van der Waals surface area contributed by atoms with Crippen molar-refractivity contribution in [3.63, 3.8) is 0 Å². The van der Waals surface area contributed by atoms with Crippen molar-refractivity contribution in [3.05, 3.63) is 51.7 Å². The first-order valence-electron chi connectivity index (χ1n) is 8.78. The van der Waals surface area contributed by atoms with Crippen LogP contribution in [0, 0.1) is 13.8 Å². The highest BCUT2D eigenvalue weighted by molar-refractivity contribution is 7.89. The molecule has 27 heavy (non-hydrogen) atoms. The summed E-state index contributed by atoms with van der Waals surface area (Å²) in [6.45, 7) is 6.23. The van der Waals surface area contributed by atoms with E-state index in [1.54, 1.807) is 21.7 Å². The zero-order chi connectivity index (χ0) is 19.0. The van der Waals surface area contributed by atoms with Gasteiger partial charge in [0.1, 0.15) is 0 Å². The maximum Gasteiger partial charge on any atom is 0.244 e. The lowest BCUT2D eigenvalue weighted by Crippen LogP contribution is -2.48. The van der Waals surface area contributed by atoms with E-state index in [9.17, 15) is 8.42 Å². The molecule has 5 nitrogen and oxygen atoms in total. The fourth-order valence-electron chi connectivity index (χ4n) is 3.29. The van der Waals surface area contributed by atoms with Crippen LogP contribution in [0.5, 0.6) is 0 Å². The smallest absolute Gasteiger partial charge is 0.244 e. The Kier molecular flexibility index (Phi) is 5.07. The van der Waals surface area contributed by atoms with Gasteiger partial charge in [-0.05, 0) is 32.0 Å². The van der Waals surface area contributed by atoms with Gasteiger partial charge in [-0.3, -0.25) is 0 Å². The molecule has 0 aliphatic carbocycles. The second-order valence-corrected chi connectivity index (χ2v) is 10.7. The third-order valence-corrected chi connectivity index (χ3v) is 8.72. The zero-order valence-corrected chi connectivity index (χ0v) is 17.7. The van der Waals surface area contributed by atoms with Gasteiger partial charge in [-0.15, -0.1) is 22.7 Å². The predicted octanol–water partition coefficient (Wildman–Crippen LogP) is 4.00. The SMILES string of the molecule is Cc1nc(-c2cc(S(=O)(=O)N3CCN(c4ccccc4)CC3)c(C)s2)cs1. The maximum absolute atomic E-state index is 13.2. The number of rotatable bonds is 4. The molecule has 1 aliphatic heterocycles. The lowest BCUT2D eigenvalue weighted by Gasteiger charge is -2.35. The second-order valence-electron chi connectivity index (χ2n) is 6.51. The molecule has 0 spiro atoms. The Morgan fingerprint density at radius 1 is 1.04 bits per heavy atom. The number of anilines is 1. The third kappa shape index (κ3) is 3.67. The van der Waals surface area contributed by atoms with Crippen molar-refractivity contribution in [2.24, 2.45) is 0 Å². The van der Waals surface area contributed by atoms with Gasteiger partial charge in [-0.1, -0.05) is 18.2 Å². The van der Waals surface area contributed by atoms with Gasteiger partial charge in [0.2, 0.25) is 10.0 Å². The number of thiazole rings is 1. The molecule has 0 bridgehead atoms. The molecule has 3 heterocycles. The molecule has 1 saturated heterocycles. The average Bonchev–Trinajstić information content (AvgIpc) is 3.28. The van der Waals surface area contributed by atoms with E-state index in [1.807, 2.05) is 37.4 Å². The number of aryl methyl sites for hydroxylation is 2. The van der Waals surface area contributed by atoms with Crippen LogP contribution in [0.4, 0.5) is 5.69 Å². The molecule has 8 heteroatoms. The van der Waals surface area contributed by atoms with E-state index in [4.69, 9.17) is 0 Å². The van der Waals surface area contributed by atoms with E-state index >= 15 is 0 Å². The molecule has 1 aliphatic rings. The van der Waals surface area contributed by atoms with Crippen molar-refractivity contribution in [1.82, 2.24) is 9.29 Å². The quantitative estimate of drug-likeness (QED) is 0.641. The first-order valence-corrected chi connectivity index (χ1v) is 11.9. The number of sulfonamides is 1. The van der Waals surface area contributed by atoms with Crippen molar-refractivity contribution < 1.29 is 8.42 Å². The van der Waals surface area contributed by atoms with Gasteiger partial charge in [0, 0.05) is 42.1 Å². The summed E-state index contributed by atoms with van der Waals surface area (Å²) in [6.07, 6.45) is 0. The van der Waals surface area contributed by atoms with Gasteiger partial charge in [-0.2, -0.15) is 4.31 Å². The molecular weight excluding hydrogens is 398 g/mol. The van der Waals surface area contributed by atoms with Crippen molar-refractivity contribution in [2.45, 2.75) is 18.7 Å². The molecule has 142 valence electrons. The molecule has 0 unspecified atom stereocenters. The van der Waals surface area contributed by atoms with Gasteiger partial charge in [-0.25, -0.2) is 13.4 Å². The number of nitrogens with zero attached hydrogens (tertiary/aromatic N) is 3. The highest BCUT2D eigenvalue weighted by Gasteiger charge is 2.31. The largest absolute Gasteiger partial charge is 0.369 e. The van der Waals surface area contributed by atoms with Gasteiger partial charge in [0.05, 0.1) is 20.5 Å². The van der Waals surface area contributed by atoms with Crippen LogP contribution in [-0.2, 0) is 10.0 Å². The minimum Gasteiger partial charge on any atom is -0.369 e. The molecule has 4 rings (SSSR count). The molecular formula is C19H21N3O2S3. The van der Waals surface area contributed by atoms with Crippen LogP contribution in [0.25, 0.3) is 10.6 Å². The van der Waals surface area contributed by atoms with Gasteiger partial charge in [0.25, 0.3) is 0 Å². The van der Waals surface area contributed by atoms with E-state index in [0.717, 1.165) is 26.1 Å². The maximum atomic E-state index is 13.2. The van der Waals surface area contributed by atoms with Crippen LogP contribution in [0.1, 0.15) is 9.88 Å². The van der Waals surface area contributed by atoms with E-state index in [0.29, 0.717) is 31.1 Å².